The van der Waals surface area contributed by atoms with Gasteiger partial charge in [0.05, 0.1) is 5.56 Å². The molecule has 4 aromatic carbocycles. The van der Waals surface area contributed by atoms with E-state index < -0.39 is 0 Å². The quantitative estimate of drug-likeness (QED) is 0.165. The van der Waals surface area contributed by atoms with Crippen LogP contribution in [0.3, 0.4) is 0 Å². The van der Waals surface area contributed by atoms with Gasteiger partial charge in [-0.25, -0.2) is 0 Å². The molecule has 0 saturated heterocycles. The van der Waals surface area contributed by atoms with Crippen molar-refractivity contribution in [1.29, 1.82) is 0 Å². The highest BCUT2D eigenvalue weighted by Gasteiger charge is 2.25. The first-order valence-electron chi connectivity index (χ1n) is 11.9. The summed E-state index contributed by atoms with van der Waals surface area (Å²) in [5.74, 6) is 8.18. The molecule has 1 nitrogen and oxygen atoms in total. The molecule has 0 unspecified atom stereocenters. The minimum atomic E-state index is 0.314. The van der Waals surface area contributed by atoms with E-state index in [0.29, 0.717) is 5.92 Å². The normalized spacial score (nSPS) is 12.2. The van der Waals surface area contributed by atoms with Crippen molar-refractivity contribution in [2.45, 2.75) is 41.0 Å². The summed E-state index contributed by atoms with van der Waals surface area (Å²) in [6.07, 6.45) is 0.835. The standard InChI is InChI=1S/C31H26BO/c1-6-26-23(12-11-17(2)3)31-27(33-26)16-14-21-18(4)20-13-15-25-30(28(20)19(5)29(21)31)22-9-7-8-10-24(22)32-25/h7-10,13-17H,6H2,1-5H3. The van der Waals surface area contributed by atoms with Crippen LogP contribution in [0.1, 0.15) is 43.2 Å². The number of rotatable bonds is 1. The average Bonchev–Trinajstić information content (AvgIpc) is 3.38. The molecule has 0 saturated carbocycles. The van der Waals surface area contributed by atoms with Crippen LogP contribution in [0.25, 0.3) is 43.6 Å². The van der Waals surface area contributed by atoms with Gasteiger partial charge in [-0.05, 0) is 63.7 Å². The predicted octanol–water partition coefficient (Wildman–Crippen LogP) is 6.56. The molecule has 0 fully saturated rings. The molecule has 2 heterocycles. The lowest BCUT2D eigenvalue weighted by Crippen LogP contribution is -2.20. The van der Waals surface area contributed by atoms with Gasteiger partial charge >= 0.3 is 0 Å². The summed E-state index contributed by atoms with van der Waals surface area (Å²) in [5.41, 5.74) is 9.93. The van der Waals surface area contributed by atoms with E-state index in [2.05, 4.69) is 102 Å². The van der Waals surface area contributed by atoms with Crippen LogP contribution < -0.4 is 10.9 Å². The maximum atomic E-state index is 6.34. The Morgan fingerprint density at radius 3 is 2.39 bits per heavy atom. The van der Waals surface area contributed by atoms with E-state index in [4.69, 9.17) is 4.42 Å². The van der Waals surface area contributed by atoms with Gasteiger partial charge in [0.1, 0.15) is 11.3 Å². The molecule has 1 aliphatic heterocycles. The first kappa shape index (κ1) is 20.2. The van der Waals surface area contributed by atoms with Crippen LogP contribution in [0, 0.1) is 31.6 Å². The number of furan rings is 1. The van der Waals surface area contributed by atoms with Gasteiger partial charge in [-0.2, -0.15) is 0 Å². The van der Waals surface area contributed by atoms with Gasteiger partial charge in [-0.1, -0.05) is 86.0 Å². The van der Waals surface area contributed by atoms with Crippen LogP contribution in [0.2, 0.25) is 0 Å². The SMILES string of the molecule is CCc1oc2ccc3c(C)c4ccc5c(c4c(C)c3c2c1C#CC(C)C)-c1ccccc1[B]5. The third kappa shape index (κ3) is 2.82. The Morgan fingerprint density at radius 2 is 1.61 bits per heavy atom. The van der Waals surface area contributed by atoms with Crippen molar-refractivity contribution in [2.24, 2.45) is 5.92 Å². The fourth-order valence-corrected chi connectivity index (χ4v) is 5.56. The van der Waals surface area contributed by atoms with Gasteiger partial charge in [-0.15, -0.1) is 0 Å². The number of hydrogen-bond donors (Lipinski definition) is 0. The molecule has 0 spiro atoms. The zero-order valence-electron chi connectivity index (χ0n) is 19.9. The van der Waals surface area contributed by atoms with Crippen molar-refractivity contribution in [3.63, 3.8) is 0 Å². The fourth-order valence-electron chi connectivity index (χ4n) is 5.56. The Kier molecular flexibility index (Phi) is 4.46. The van der Waals surface area contributed by atoms with Gasteiger partial charge in [-0.3, -0.25) is 0 Å². The third-order valence-corrected chi connectivity index (χ3v) is 7.07. The van der Waals surface area contributed by atoms with E-state index in [0.717, 1.165) is 23.3 Å². The highest BCUT2D eigenvalue weighted by Crippen LogP contribution is 2.42. The van der Waals surface area contributed by atoms with Crippen molar-refractivity contribution in [1.82, 2.24) is 0 Å². The van der Waals surface area contributed by atoms with Gasteiger partial charge < -0.3 is 4.42 Å². The monoisotopic (exact) mass is 425 g/mol. The summed E-state index contributed by atoms with van der Waals surface area (Å²) in [4.78, 5) is 0. The predicted molar refractivity (Wildman–Crippen MR) is 142 cm³/mol. The zero-order chi connectivity index (χ0) is 22.9. The molecule has 6 rings (SSSR count). The van der Waals surface area contributed by atoms with Crippen LogP contribution in [0.15, 0.2) is 52.9 Å². The van der Waals surface area contributed by atoms with E-state index in [-0.39, 0.29) is 0 Å². The van der Waals surface area contributed by atoms with E-state index >= 15 is 0 Å². The maximum absolute atomic E-state index is 6.34. The first-order chi connectivity index (χ1) is 16.0. The molecular weight excluding hydrogens is 399 g/mol. The second kappa shape index (κ2) is 7.29. The molecule has 0 bridgehead atoms. The molecule has 159 valence electrons. The molecule has 2 heteroatoms. The molecule has 0 N–H and O–H groups in total. The first-order valence-corrected chi connectivity index (χ1v) is 11.9. The second-order valence-electron chi connectivity index (χ2n) is 9.47. The van der Waals surface area contributed by atoms with Crippen LogP contribution in [0.4, 0.5) is 0 Å². The largest absolute Gasteiger partial charge is 0.460 e. The Labute approximate surface area is 196 Å². The van der Waals surface area contributed by atoms with Crippen molar-refractivity contribution >= 4 is 50.7 Å². The summed E-state index contributed by atoms with van der Waals surface area (Å²) >= 11 is 0. The van der Waals surface area contributed by atoms with Crippen molar-refractivity contribution in [3.05, 3.63) is 71.0 Å². The topological polar surface area (TPSA) is 13.1 Å². The van der Waals surface area contributed by atoms with E-state index in [1.165, 1.54) is 60.1 Å². The fraction of sp³-hybridized carbons (Fsp3) is 0.226. The molecule has 1 aromatic heterocycles. The second-order valence-corrected chi connectivity index (χ2v) is 9.47. The van der Waals surface area contributed by atoms with Gasteiger partial charge in [0.15, 0.2) is 7.28 Å². The van der Waals surface area contributed by atoms with Crippen molar-refractivity contribution < 1.29 is 4.42 Å². The van der Waals surface area contributed by atoms with E-state index in [9.17, 15) is 0 Å². The third-order valence-electron chi connectivity index (χ3n) is 7.07. The lowest BCUT2D eigenvalue weighted by Gasteiger charge is -2.17. The summed E-state index contributed by atoms with van der Waals surface area (Å²) in [6, 6.07) is 17.7. The van der Waals surface area contributed by atoms with Gasteiger partial charge in [0.2, 0.25) is 0 Å². The van der Waals surface area contributed by atoms with Crippen LogP contribution >= 0.6 is 0 Å². The van der Waals surface area contributed by atoms with Gasteiger partial charge in [0, 0.05) is 17.7 Å². The summed E-state index contributed by atoms with van der Waals surface area (Å²) < 4.78 is 6.34. The Morgan fingerprint density at radius 1 is 0.848 bits per heavy atom. The summed E-state index contributed by atoms with van der Waals surface area (Å²) in [7, 11) is 2.32. The Balaban J connectivity index is 1.83. The van der Waals surface area contributed by atoms with E-state index in [1.54, 1.807) is 0 Å². The minimum absolute atomic E-state index is 0.314. The van der Waals surface area contributed by atoms with Crippen molar-refractivity contribution in [2.75, 3.05) is 0 Å². The number of aryl methyl sites for hydroxylation is 3. The lowest BCUT2D eigenvalue weighted by molar-refractivity contribution is 0.555. The number of fused-ring (bicyclic) bond motifs is 8. The molecule has 1 aliphatic rings. The summed E-state index contributed by atoms with van der Waals surface area (Å²) in [6.45, 7) is 11.0. The highest BCUT2D eigenvalue weighted by atomic mass is 16.3. The lowest BCUT2D eigenvalue weighted by atomic mass is 9.68. The Hall–Kier alpha value is -3.44. The maximum Gasteiger partial charge on any atom is 0.193 e. The molecule has 0 aliphatic carbocycles. The molecule has 0 amide bonds. The molecule has 33 heavy (non-hydrogen) atoms. The van der Waals surface area contributed by atoms with Crippen LogP contribution in [-0.4, -0.2) is 7.28 Å². The van der Waals surface area contributed by atoms with Gasteiger partial charge in [0.25, 0.3) is 0 Å². The van der Waals surface area contributed by atoms with Crippen molar-refractivity contribution in [3.8, 4) is 23.0 Å². The number of hydrogen-bond acceptors (Lipinski definition) is 1. The smallest absolute Gasteiger partial charge is 0.193 e. The zero-order valence-corrected chi connectivity index (χ0v) is 19.9. The Bertz CT molecular complexity index is 1670. The number of benzene rings is 4. The molecule has 1 radical (unpaired) electrons. The molecular formula is C31H26BO. The molecule has 0 atom stereocenters. The highest BCUT2D eigenvalue weighted by molar-refractivity contribution is 6.74. The summed E-state index contributed by atoms with van der Waals surface area (Å²) in [5, 5.41) is 6.43. The van der Waals surface area contributed by atoms with E-state index in [1.807, 2.05) is 0 Å². The average molecular weight is 425 g/mol. The molecule has 5 aromatic rings. The van der Waals surface area contributed by atoms with Crippen LogP contribution in [-0.2, 0) is 6.42 Å². The van der Waals surface area contributed by atoms with Crippen LogP contribution in [0.5, 0.6) is 0 Å². The minimum Gasteiger partial charge on any atom is -0.460 e.